The van der Waals surface area contributed by atoms with Crippen molar-refractivity contribution in [3.05, 3.63) is 56.5 Å². The SMILES string of the molecule is O=c1[nH]c(=O)n([C@H]2CCCO2)nc1SCc1cccc(F)c1. The Morgan fingerprint density at radius 3 is 3.05 bits per heavy atom. The predicted molar refractivity (Wildman–Crippen MR) is 79.3 cm³/mol. The van der Waals surface area contributed by atoms with Gasteiger partial charge in [0.1, 0.15) is 5.82 Å². The average molecular weight is 323 g/mol. The van der Waals surface area contributed by atoms with Gasteiger partial charge in [-0.05, 0) is 30.5 Å². The van der Waals surface area contributed by atoms with Crippen LogP contribution < -0.4 is 11.2 Å². The van der Waals surface area contributed by atoms with Gasteiger partial charge in [-0.2, -0.15) is 9.78 Å². The van der Waals surface area contributed by atoms with Crippen molar-refractivity contribution in [1.29, 1.82) is 0 Å². The van der Waals surface area contributed by atoms with Crippen molar-refractivity contribution in [1.82, 2.24) is 14.8 Å². The van der Waals surface area contributed by atoms with Crippen molar-refractivity contribution in [2.24, 2.45) is 0 Å². The van der Waals surface area contributed by atoms with Crippen LogP contribution in [-0.2, 0) is 10.5 Å². The molecular formula is C14H14FN3O3S. The largest absolute Gasteiger partial charge is 0.356 e. The summed E-state index contributed by atoms with van der Waals surface area (Å²) in [6.07, 6.45) is 1.11. The molecule has 0 spiro atoms. The molecule has 3 rings (SSSR count). The van der Waals surface area contributed by atoms with Crippen LogP contribution in [0.4, 0.5) is 4.39 Å². The van der Waals surface area contributed by atoms with E-state index in [9.17, 15) is 14.0 Å². The van der Waals surface area contributed by atoms with E-state index in [0.29, 0.717) is 18.8 Å². The van der Waals surface area contributed by atoms with Gasteiger partial charge in [-0.1, -0.05) is 23.9 Å². The van der Waals surface area contributed by atoms with Gasteiger partial charge in [0.15, 0.2) is 11.3 Å². The highest BCUT2D eigenvalue weighted by Crippen LogP contribution is 2.22. The summed E-state index contributed by atoms with van der Waals surface area (Å²) >= 11 is 1.15. The number of hydrogen-bond acceptors (Lipinski definition) is 5. The average Bonchev–Trinajstić information content (AvgIpc) is 3.00. The lowest BCUT2D eigenvalue weighted by atomic mass is 10.2. The van der Waals surface area contributed by atoms with Crippen LogP contribution >= 0.6 is 11.8 Å². The number of nitrogens with zero attached hydrogens (tertiary/aromatic N) is 2. The molecule has 8 heteroatoms. The number of halogens is 1. The maximum Gasteiger partial charge on any atom is 0.347 e. The molecule has 0 saturated carbocycles. The number of hydrogen-bond donors (Lipinski definition) is 1. The highest BCUT2D eigenvalue weighted by atomic mass is 32.2. The molecule has 0 amide bonds. The molecule has 1 N–H and O–H groups in total. The molecule has 22 heavy (non-hydrogen) atoms. The molecule has 1 fully saturated rings. The maximum absolute atomic E-state index is 13.1. The Labute approximate surface area is 129 Å². The fraction of sp³-hybridized carbons (Fsp3) is 0.357. The quantitative estimate of drug-likeness (QED) is 0.866. The zero-order chi connectivity index (χ0) is 15.5. The lowest BCUT2D eigenvalue weighted by Crippen LogP contribution is -2.35. The molecule has 116 valence electrons. The van der Waals surface area contributed by atoms with Gasteiger partial charge in [-0.15, -0.1) is 0 Å². The van der Waals surface area contributed by atoms with Crippen molar-refractivity contribution >= 4 is 11.8 Å². The summed E-state index contributed by atoms with van der Waals surface area (Å²) in [5.74, 6) is 0.0571. The maximum atomic E-state index is 13.1. The molecule has 6 nitrogen and oxygen atoms in total. The van der Waals surface area contributed by atoms with Crippen LogP contribution in [0, 0.1) is 5.82 Å². The first-order valence-electron chi connectivity index (χ1n) is 6.85. The highest BCUT2D eigenvalue weighted by molar-refractivity contribution is 7.98. The minimum absolute atomic E-state index is 0.166. The van der Waals surface area contributed by atoms with Gasteiger partial charge in [0.25, 0.3) is 5.56 Å². The van der Waals surface area contributed by atoms with E-state index in [1.54, 1.807) is 12.1 Å². The number of rotatable bonds is 4. The van der Waals surface area contributed by atoms with Gasteiger partial charge in [0, 0.05) is 12.4 Å². The summed E-state index contributed by atoms with van der Waals surface area (Å²) in [6.45, 7) is 0.573. The molecule has 1 aliphatic rings. The van der Waals surface area contributed by atoms with Gasteiger partial charge in [-0.25, -0.2) is 9.18 Å². The molecule has 1 saturated heterocycles. The third-order valence-corrected chi connectivity index (χ3v) is 4.28. The highest BCUT2D eigenvalue weighted by Gasteiger charge is 2.21. The Morgan fingerprint density at radius 2 is 2.32 bits per heavy atom. The molecule has 1 aromatic heterocycles. The van der Waals surface area contributed by atoms with E-state index in [4.69, 9.17) is 4.74 Å². The number of nitrogens with one attached hydrogen (secondary N) is 1. The zero-order valence-corrected chi connectivity index (χ0v) is 12.4. The molecule has 2 heterocycles. The second-order valence-corrected chi connectivity index (χ2v) is 5.86. The van der Waals surface area contributed by atoms with Crippen LogP contribution in [0.25, 0.3) is 0 Å². The van der Waals surface area contributed by atoms with Gasteiger partial charge >= 0.3 is 5.69 Å². The molecule has 1 aliphatic heterocycles. The summed E-state index contributed by atoms with van der Waals surface area (Å²) in [4.78, 5) is 25.9. The standard InChI is InChI=1S/C14H14FN3O3S/c15-10-4-1-3-9(7-10)8-22-13-12(19)16-14(20)18(17-13)11-5-2-6-21-11/h1,3-4,7,11H,2,5-6,8H2,(H,16,19,20)/t11-/m1/s1. The Bertz CT molecular complexity index is 783. The molecule has 1 aromatic carbocycles. The van der Waals surface area contributed by atoms with E-state index in [1.165, 1.54) is 16.8 Å². The van der Waals surface area contributed by atoms with Crippen molar-refractivity contribution in [3.63, 3.8) is 0 Å². The summed E-state index contributed by atoms with van der Waals surface area (Å²) in [5, 5.41) is 4.26. The second-order valence-electron chi connectivity index (χ2n) is 4.90. The van der Waals surface area contributed by atoms with E-state index >= 15 is 0 Å². The number of aromatic nitrogens is 3. The minimum atomic E-state index is -0.577. The number of thioether (sulfide) groups is 1. The van der Waals surface area contributed by atoms with E-state index in [2.05, 4.69) is 10.1 Å². The summed E-state index contributed by atoms with van der Waals surface area (Å²) in [7, 11) is 0. The first-order valence-corrected chi connectivity index (χ1v) is 7.84. The zero-order valence-electron chi connectivity index (χ0n) is 11.6. The van der Waals surface area contributed by atoms with Gasteiger partial charge in [0.05, 0.1) is 0 Å². The van der Waals surface area contributed by atoms with E-state index in [1.807, 2.05) is 0 Å². The third-order valence-electron chi connectivity index (χ3n) is 3.26. The number of benzene rings is 1. The topological polar surface area (TPSA) is 77.0 Å². The molecule has 0 aliphatic carbocycles. The smallest absolute Gasteiger partial charge is 0.347 e. The Hall–Kier alpha value is -1.93. The van der Waals surface area contributed by atoms with Crippen molar-refractivity contribution in [2.45, 2.75) is 29.8 Å². The molecule has 0 bridgehead atoms. The van der Waals surface area contributed by atoms with Gasteiger partial charge in [-0.3, -0.25) is 9.78 Å². The summed E-state index contributed by atoms with van der Waals surface area (Å²) in [6, 6.07) is 6.13. The Morgan fingerprint density at radius 1 is 1.45 bits per heavy atom. The minimum Gasteiger partial charge on any atom is -0.356 e. The van der Waals surface area contributed by atoms with Gasteiger partial charge in [0.2, 0.25) is 0 Å². The van der Waals surface area contributed by atoms with Crippen LogP contribution in [0.5, 0.6) is 0 Å². The number of ether oxygens (including phenoxy) is 1. The van der Waals surface area contributed by atoms with Crippen LogP contribution in [0.1, 0.15) is 24.6 Å². The van der Waals surface area contributed by atoms with E-state index in [0.717, 1.165) is 23.7 Å². The van der Waals surface area contributed by atoms with Crippen molar-refractivity contribution in [2.75, 3.05) is 6.61 Å². The Balaban J connectivity index is 1.82. The monoisotopic (exact) mass is 323 g/mol. The predicted octanol–water partition coefficient (Wildman–Crippen LogP) is 1.67. The molecule has 2 aromatic rings. The fourth-order valence-electron chi connectivity index (χ4n) is 2.22. The van der Waals surface area contributed by atoms with E-state index < -0.39 is 17.5 Å². The van der Waals surface area contributed by atoms with Crippen LogP contribution in [0.15, 0.2) is 38.9 Å². The molecule has 0 unspecified atom stereocenters. The molecule has 1 atom stereocenters. The van der Waals surface area contributed by atoms with Gasteiger partial charge < -0.3 is 4.74 Å². The van der Waals surface area contributed by atoms with Crippen LogP contribution in [-0.4, -0.2) is 21.4 Å². The number of aromatic amines is 1. The summed E-state index contributed by atoms with van der Waals surface area (Å²) < 4.78 is 19.7. The van der Waals surface area contributed by atoms with Crippen LogP contribution in [0.2, 0.25) is 0 Å². The van der Waals surface area contributed by atoms with Crippen molar-refractivity contribution < 1.29 is 9.13 Å². The molecular weight excluding hydrogens is 309 g/mol. The fourth-order valence-corrected chi connectivity index (χ4v) is 3.03. The lowest BCUT2D eigenvalue weighted by molar-refractivity contribution is 0.0395. The molecule has 0 radical (unpaired) electrons. The van der Waals surface area contributed by atoms with E-state index in [-0.39, 0.29) is 10.8 Å². The second kappa shape index (κ2) is 6.45. The lowest BCUT2D eigenvalue weighted by Gasteiger charge is -2.11. The first-order chi connectivity index (χ1) is 10.6. The normalized spacial score (nSPS) is 17.8. The number of H-pyrrole nitrogens is 1. The van der Waals surface area contributed by atoms with Crippen molar-refractivity contribution in [3.8, 4) is 0 Å². The Kier molecular flexibility index (Phi) is 4.39. The summed E-state index contributed by atoms with van der Waals surface area (Å²) in [5.41, 5.74) is -0.381. The van der Waals surface area contributed by atoms with Crippen LogP contribution in [0.3, 0.4) is 0 Å². The first kappa shape index (κ1) is 15.0. The third kappa shape index (κ3) is 3.28.